The van der Waals surface area contributed by atoms with Gasteiger partial charge in [0.2, 0.25) is 11.7 Å². The van der Waals surface area contributed by atoms with E-state index in [9.17, 15) is 0 Å². The molecule has 0 aliphatic heterocycles. The van der Waals surface area contributed by atoms with E-state index in [2.05, 4.69) is 26.6 Å². The highest BCUT2D eigenvalue weighted by Gasteiger charge is 2.10. The fourth-order valence-corrected chi connectivity index (χ4v) is 2.86. The molecule has 4 aromatic rings. The van der Waals surface area contributed by atoms with E-state index < -0.39 is 0 Å². The van der Waals surface area contributed by atoms with Crippen LogP contribution < -0.4 is 5.32 Å². The van der Waals surface area contributed by atoms with Crippen molar-refractivity contribution in [3.8, 4) is 17.1 Å². The van der Waals surface area contributed by atoms with Gasteiger partial charge in [-0.3, -0.25) is 0 Å². The van der Waals surface area contributed by atoms with Gasteiger partial charge in [-0.05, 0) is 30.2 Å². The lowest BCUT2D eigenvalue weighted by Crippen LogP contribution is -2.15. The van der Waals surface area contributed by atoms with Gasteiger partial charge in [-0.15, -0.1) is 0 Å². The molecule has 6 nitrogen and oxygen atoms in total. The number of nitrogens with one attached hydrogen (secondary N) is 1. The van der Waals surface area contributed by atoms with Gasteiger partial charge in [0.25, 0.3) is 0 Å². The Hall–Kier alpha value is -3.25. The Morgan fingerprint density at radius 3 is 2.69 bits per heavy atom. The predicted molar refractivity (Wildman–Crippen MR) is 98.6 cm³/mol. The molecule has 26 heavy (non-hydrogen) atoms. The summed E-state index contributed by atoms with van der Waals surface area (Å²) >= 11 is 0. The van der Waals surface area contributed by atoms with Gasteiger partial charge in [0.05, 0.1) is 12.2 Å². The van der Waals surface area contributed by atoms with Crippen molar-refractivity contribution in [3.05, 3.63) is 84.0 Å². The molecule has 0 spiro atoms. The van der Waals surface area contributed by atoms with Crippen molar-refractivity contribution in [2.75, 3.05) is 0 Å². The van der Waals surface area contributed by atoms with Crippen molar-refractivity contribution >= 4 is 0 Å². The van der Waals surface area contributed by atoms with Gasteiger partial charge in [-0.1, -0.05) is 47.6 Å². The Morgan fingerprint density at radius 2 is 1.85 bits per heavy atom. The van der Waals surface area contributed by atoms with Crippen LogP contribution in [0.15, 0.2) is 71.5 Å². The van der Waals surface area contributed by atoms with Crippen LogP contribution in [-0.2, 0) is 13.1 Å². The lowest BCUT2D eigenvalue weighted by atomic mass is 10.1. The van der Waals surface area contributed by atoms with Crippen LogP contribution in [0.25, 0.3) is 17.1 Å². The Labute approximate surface area is 151 Å². The first-order chi connectivity index (χ1) is 12.8. The molecule has 0 radical (unpaired) electrons. The van der Waals surface area contributed by atoms with Crippen molar-refractivity contribution in [3.63, 3.8) is 0 Å². The van der Waals surface area contributed by atoms with E-state index in [1.165, 1.54) is 0 Å². The van der Waals surface area contributed by atoms with E-state index in [0.717, 1.165) is 22.4 Å². The smallest absolute Gasteiger partial charge is 0.240 e. The molecule has 6 heteroatoms. The van der Waals surface area contributed by atoms with Crippen molar-refractivity contribution in [1.29, 1.82) is 0 Å². The number of aryl methyl sites for hydroxylation is 1. The molecule has 2 aromatic carbocycles. The Bertz CT molecular complexity index is 991. The molecule has 0 unspecified atom stereocenters. The zero-order valence-corrected chi connectivity index (χ0v) is 14.5. The predicted octanol–water partition coefficient (Wildman–Crippen LogP) is 3.52. The van der Waals surface area contributed by atoms with Crippen LogP contribution in [0.1, 0.15) is 17.0 Å². The average Bonchev–Trinajstić information content (AvgIpc) is 3.35. The molecule has 2 aromatic heterocycles. The third-order valence-electron chi connectivity index (χ3n) is 4.19. The Morgan fingerprint density at radius 1 is 1.00 bits per heavy atom. The minimum atomic E-state index is 0.506. The van der Waals surface area contributed by atoms with Crippen LogP contribution in [0.2, 0.25) is 0 Å². The maximum Gasteiger partial charge on any atom is 0.240 e. The Balaban J connectivity index is 1.43. The molecule has 130 valence electrons. The monoisotopic (exact) mass is 345 g/mol. The molecule has 0 bridgehead atoms. The number of para-hydroxylation sites is 1. The fraction of sp³-hybridized carbons (Fsp3) is 0.150. The first-order valence-corrected chi connectivity index (χ1v) is 8.48. The van der Waals surface area contributed by atoms with Crippen molar-refractivity contribution < 1.29 is 4.52 Å². The highest BCUT2D eigenvalue weighted by Crippen LogP contribution is 2.20. The minimum Gasteiger partial charge on any atom is -0.338 e. The lowest BCUT2D eigenvalue weighted by Gasteiger charge is -2.09. The zero-order chi connectivity index (χ0) is 17.8. The highest BCUT2D eigenvalue weighted by atomic mass is 16.5. The number of nitrogens with zero attached hydrogens (tertiary/aromatic N) is 4. The number of hydrogen-bond acceptors (Lipinski definition) is 5. The summed E-state index contributed by atoms with van der Waals surface area (Å²) < 4.78 is 7.23. The van der Waals surface area contributed by atoms with Crippen LogP contribution in [0.5, 0.6) is 0 Å². The van der Waals surface area contributed by atoms with Crippen molar-refractivity contribution in [2.24, 2.45) is 0 Å². The molecule has 0 fully saturated rings. The van der Waals surface area contributed by atoms with Gasteiger partial charge in [-0.25, -0.2) is 4.68 Å². The molecule has 0 amide bonds. The number of hydrogen-bond donors (Lipinski definition) is 1. The van der Waals surface area contributed by atoms with Crippen molar-refractivity contribution in [2.45, 2.75) is 20.0 Å². The zero-order valence-electron chi connectivity index (χ0n) is 14.5. The molecule has 4 rings (SSSR count). The maximum absolute atomic E-state index is 5.37. The van der Waals surface area contributed by atoms with E-state index >= 15 is 0 Å². The summed E-state index contributed by atoms with van der Waals surface area (Å²) in [5.74, 6) is 1.19. The number of rotatable bonds is 6. The summed E-state index contributed by atoms with van der Waals surface area (Å²) in [5.41, 5.74) is 4.32. The maximum atomic E-state index is 5.37. The van der Waals surface area contributed by atoms with Crippen LogP contribution >= 0.6 is 0 Å². The number of aromatic nitrogens is 4. The topological polar surface area (TPSA) is 68.8 Å². The summed E-state index contributed by atoms with van der Waals surface area (Å²) in [6.45, 7) is 3.22. The molecule has 2 heterocycles. The minimum absolute atomic E-state index is 0.506. The quantitative estimate of drug-likeness (QED) is 0.579. The molecular formula is C20H19N5O. The highest BCUT2D eigenvalue weighted by molar-refractivity contribution is 5.58. The molecule has 1 N–H and O–H groups in total. The van der Waals surface area contributed by atoms with E-state index in [1.807, 2.05) is 66.3 Å². The SMILES string of the molecule is Cc1ccccc1-c1noc(CNCc2ccccc2-n2cccn2)n1. The molecule has 0 aliphatic rings. The second-order valence-corrected chi connectivity index (χ2v) is 6.01. The molecule has 0 aliphatic carbocycles. The molecule has 0 saturated carbocycles. The average molecular weight is 345 g/mol. The van der Waals surface area contributed by atoms with Crippen molar-refractivity contribution in [1.82, 2.24) is 25.2 Å². The number of benzene rings is 2. The van der Waals surface area contributed by atoms with Gasteiger partial charge in [0, 0.05) is 24.5 Å². The van der Waals surface area contributed by atoms with Crippen LogP contribution in [-0.4, -0.2) is 19.9 Å². The lowest BCUT2D eigenvalue weighted by molar-refractivity contribution is 0.367. The van der Waals surface area contributed by atoms with E-state index in [-0.39, 0.29) is 0 Å². The standard InChI is InChI=1S/C20H19N5O/c1-15-7-2-4-9-17(15)20-23-19(26-24-20)14-21-13-16-8-3-5-10-18(16)25-12-6-11-22-25/h2-12,21H,13-14H2,1H3. The summed E-state index contributed by atoms with van der Waals surface area (Å²) in [5, 5.41) is 11.8. The normalized spacial score (nSPS) is 11.0. The molecule has 0 saturated heterocycles. The summed E-state index contributed by atoms with van der Waals surface area (Å²) in [6.07, 6.45) is 3.71. The van der Waals surface area contributed by atoms with Crippen LogP contribution in [0.3, 0.4) is 0 Å². The first-order valence-electron chi connectivity index (χ1n) is 8.48. The molecule has 0 atom stereocenters. The van der Waals surface area contributed by atoms with E-state index in [4.69, 9.17) is 4.52 Å². The Kier molecular flexibility index (Phi) is 4.57. The third-order valence-corrected chi connectivity index (χ3v) is 4.19. The summed E-state index contributed by atoms with van der Waals surface area (Å²) in [6, 6.07) is 18.1. The molecular weight excluding hydrogens is 326 g/mol. The van der Waals surface area contributed by atoms with Crippen LogP contribution in [0, 0.1) is 6.92 Å². The van der Waals surface area contributed by atoms with Gasteiger partial charge < -0.3 is 9.84 Å². The van der Waals surface area contributed by atoms with Crippen LogP contribution in [0.4, 0.5) is 0 Å². The van der Waals surface area contributed by atoms with Gasteiger partial charge in [0.15, 0.2) is 0 Å². The fourth-order valence-electron chi connectivity index (χ4n) is 2.86. The third kappa shape index (κ3) is 3.41. The second-order valence-electron chi connectivity index (χ2n) is 6.01. The van der Waals surface area contributed by atoms with E-state index in [1.54, 1.807) is 6.20 Å². The largest absolute Gasteiger partial charge is 0.338 e. The summed E-state index contributed by atoms with van der Waals surface area (Å²) in [7, 11) is 0. The second kappa shape index (κ2) is 7.33. The summed E-state index contributed by atoms with van der Waals surface area (Å²) in [4.78, 5) is 4.49. The van der Waals surface area contributed by atoms with Gasteiger partial charge >= 0.3 is 0 Å². The van der Waals surface area contributed by atoms with Gasteiger partial charge in [-0.2, -0.15) is 10.1 Å². The van der Waals surface area contributed by atoms with E-state index in [0.29, 0.717) is 24.8 Å². The van der Waals surface area contributed by atoms with Gasteiger partial charge in [0.1, 0.15) is 0 Å². The first kappa shape index (κ1) is 16.2.